The van der Waals surface area contributed by atoms with E-state index in [-0.39, 0.29) is 23.0 Å². The Hall–Kier alpha value is -2.15. The predicted molar refractivity (Wildman–Crippen MR) is 95.9 cm³/mol. The van der Waals surface area contributed by atoms with Crippen molar-refractivity contribution in [3.05, 3.63) is 42.0 Å². The normalized spacial score (nSPS) is 11.0. The SMILES string of the molecule is C=C(C)CN(CC)C(=O)COC(=O)CCS(=O)(=O)c1ccc(C)cc1. The Balaban J connectivity index is 2.50. The monoisotopic (exact) mass is 367 g/mol. The average molecular weight is 367 g/mol. The lowest BCUT2D eigenvalue weighted by Crippen LogP contribution is -2.35. The average Bonchev–Trinajstić information content (AvgIpc) is 2.56. The molecular weight excluding hydrogens is 342 g/mol. The van der Waals surface area contributed by atoms with Crippen molar-refractivity contribution in [3.63, 3.8) is 0 Å². The van der Waals surface area contributed by atoms with Gasteiger partial charge in [0, 0.05) is 13.1 Å². The number of esters is 1. The molecule has 0 spiro atoms. The number of hydrogen-bond acceptors (Lipinski definition) is 5. The van der Waals surface area contributed by atoms with Gasteiger partial charge in [-0.15, -0.1) is 0 Å². The van der Waals surface area contributed by atoms with Crippen LogP contribution in [0.25, 0.3) is 0 Å². The Bertz CT molecular complexity index is 722. The minimum absolute atomic E-state index is 0.167. The predicted octanol–water partition coefficient (Wildman–Crippen LogP) is 2.13. The van der Waals surface area contributed by atoms with E-state index < -0.39 is 22.4 Å². The number of likely N-dealkylation sites (N-methyl/N-ethyl adjacent to an activating group) is 1. The smallest absolute Gasteiger partial charge is 0.307 e. The van der Waals surface area contributed by atoms with Crippen molar-refractivity contribution in [2.45, 2.75) is 32.1 Å². The van der Waals surface area contributed by atoms with Crippen LogP contribution in [0.4, 0.5) is 0 Å². The number of aryl methyl sites for hydroxylation is 1. The molecule has 0 radical (unpaired) electrons. The zero-order chi connectivity index (χ0) is 19.0. The van der Waals surface area contributed by atoms with Gasteiger partial charge in [0.25, 0.3) is 5.91 Å². The molecule has 1 aromatic rings. The lowest BCUT2D eigenvalue weighted by atomic mass is 10.2. The molecule has 0 heterocycles. The summed E-state index contributed by atoms with van der Waals surface area (Å²) < 4.78 is 29.2. The lowest BCUT2D eigenvalue weighted by Gasteiger charge is -2.20. The van der Waals surface area contributed by atoms with Crippen LogP contribution >= 0.6 is 0 Å². The van der Waals surface area contributed by atoms with E-state index in [1.807, 2.05) is 13.8 Å². The van der Waals surface area contributed by atoms with Crippen LogP contribution in [-0.4, -0.2) is 50.6 Å². The highest BCUT2D eigenvalue weighted by Gasteiger charge is 2.19. The number of carbonyl (C=O) groups excluding carboxylic acids is 2. The van der Waals surface area contributed by atoms with Gasteiger partial charge in [-0.1, -0.05) is 29.8 Å². The van der Waals surface area contributed by atoms with Crippen LogP contribution in [0.3, 0.4) is 0 Å². The van der Waals surface area contributed by atoms with Crippen LogP contribution < -0.4 is 0 Å². The van der Waals surface area contributed by atoms with E-state index in [4.69, 9.17) is 4.74 Å². The zero-order valence-electron chi connectivity index (χ0n) is 14.9. The molecule has 0 aliphatic heterocycles. The van der Waals surface area contributed by atoms with Crippen molar-refractivity contribution < 1.29 is 22.7 Å². The Kier molecular flexibility index (Phi) is 7.83. The second-order valence-electron chi connectivity index (χ2n) is 5.91. The second-order valence-corrected chi connectivity index (χ2v) is 8.02. The molecule has 0 atom stereocenters. The molecule has 1 rings (SSSR count). The number of benzene rings is 1. The van der Waals surface area contributed by atoms with Gasteiger partial charge in [0.2, 0.25) is 0 Å². The molecule has 1 aromatic carbocycles. The van der Waals surface area contributed by atoms with Gasteiger partial charge < -0.3 is 9.64 Å². The highest BCUT2D eigenvalue weighted by molar-refractivity contribution is 7.91. The van der Waals surface area contributed by atoms with Crippen molar-refractivity contribution in [2.75, 3.05) is 25.4 Å². The maximum absolute atomic E-state index is 12.2. The molecule has 6 nitrogen and oxygen atoms in total. The third-order valence-electron chi connectivity index (χ3n) is 3.51. The number of nitrogens with zero attached hydrogens (tertiary/aromatic N) is 1. The fourth-order valence-corrected chi connectivity index (χ4v) is 3.31. The van der Waals surface area contributed by atoms with Crippen molar-refractivity contribution >= 4 is 21.7 Å². The van der Waals surface area contributed by atoms with Crippen LogP contribution in [-0.2, 0) is 24.2 Å². The van der Waals surface area contributed by atoms with Crippen LogP contribution in [0.15, 0.2) is 41.3 Å². The molecule has 0 unspecified atom stereocenters. The van der Waals surface area contributed by atoms with E-state index in [1.54, 1.807) is 19.1 Å². The number of ether oxygens (including phenoxy) is 1. The summed E-state index contributed by atoms with van der Waals surface area (Å²) in [6.45, 7) is 9.70. The Morgan fingerprint density at radius 1 is 1.20 bits per heavy atom. The van der Waals surface area contributed by atoms with Gasteiger partial charge in [0.15, 0.2) is 16.4 Å². The van der Waals surface area contributed by atoms with Gasteiger partial charge in [-0.25, -0.2) is 8.42 Å². The zero-order valence-corrected chi connectivity index (χ0v) is 15.8. The molecule has 25 heavy (non-hydrogen) atoms. The summed E-state index contributed by atoms with van der Waals surface area (Å²) in [5.41, 5.74) is 1.78. The van der Waals surface area contributed by atoms with E-state index in [2.05, 4.69) is 6.58 Å². The van der Waals surface area contributed by atoms with Crippen molar-refractivity contribution in [1.82, 2.24) is 4.90 Å². The van der Waals surface area contributed by atoms with Crippen LogP contribution in [0.1, 0.15) is 25.8 Å². The highest BCUT2D eigenvalue weighted by atomic mass is 32.2. The fraction of sp³-hybridized carbons (Fsp3) is 0.444. The molecule has 0 aliphatic carbocycles. The summed E-state index contributed by atoms with van der Waals surface area (Å²) >= 11 is 0. The molecule has 0 saturated carbocycles. The maximum atomic E-state index is 12.2. The molecule has 0 fully saturated rings. The number of rotatable bonds is 9. The second kappa shape index (κ2) is 9.36. The Morgan fingerprint density at radius 2 is 1.80 bits per heavy atom. The fourth-order valence-electron chi connectivity index (χ4n) is 2.09. The Labute approximate surface area is 149 Å². The summed E-state index contributed by atoms with van der Waals surface area (Å²) in [4.78, 5) is 25.4. The Morgan fingerprint density at radius 3 is 2.32 bits per heavy atom. The summed E-state index contributed by atoms with van der Waals surface area (Å²) in [6, 6.07) is 6.42. The van der Waals surface area contributed by atoms with Gasteiger partial charge in [-0.05, 0) is 32.9 Å². The molecular formula is C18H25NO5S. The molecule has 0 aromatic heterocycles. The largest absolute Gasteiger partial charge is 0.456 e. The van der Waals surface area contributed by atoms with Gasteiger partial charge in [0.05, 0.1) is 17.1 Å². The van der Waals surface area contributed by atoms with E-state index in [0.717, 1.165) is 11.1 Å². The molecule has 0 bridgehead atoms. The molecule has 1 amide bonds. The molecule has 0 saturated heterocycles. The molecule has 0 N–H and O–H groups in total. The third kappa shape index (κ3) is 7.09. The first-order valence-corrected chi connectivity index (χ1v) is 9.68. The van der Waals surface area contributed by atoms with Crippen molar-refractivity contribution in [2.24, 2.45) is 0 Å². The summed E-state index contributed by atoms with van der Waals surface area (Å²) in [5, 5.41) is 0. The molecule has 0 aliphatic rings. The maximum Gasteiger partial charge on any atom is 0.307 e. The number of hydrogen-bond donors (Lipinski definition) is 0. The van der Waals surface area contributed by atoms with Crippen molar-refractivity contribution in [1.29, 1.82) is 0 Å². The van der Waals surface area contributed by atoms with Gasteiger partial charge in [0.1, 0.15) is 0 Å². The van der Waals surface area contributed by atoms with E-state index >= 15 is 0 Å². The summed E-state index contributed by atoms with van der Waals surface area (Å²) in [5.74, 6) is -1.40. The van der Waals surface area contributed by atoms with E-state index in [1.165, 1.54) is 17.0 Å². The first-order chi connectivity index (χ1) is 11.7. The van der Waals surface area contributed by atoms with Gasteiger partial charge in [-0.3, -0.25) is 9.59 Å². The minimum atomic E-state index is -3.56. The summed E-state index contributed by atoms with van der Waals surface area (Å²) in [7, 11) is -3.56. The van der Waals surface area contributed by atoms with Crippen LogP contribution in [0.5, 0.6) is 0 Å². The van der Waals surface area contributed by atoms with Crippen LogP contribution in [0.2, 0.25) is 0 Å². The van der Waals surface area contributed by atoms with E-state index in [0.29, 0.717) is 13.1 Å². The van der Waals surface area contributed by atoms with E-state index in [9.17, 15) is 18.0 Å². The molecule has 7 heteroatoms. The number of sulfone groups is 1. The minimum Gasteiger partial charge on any atom is -0.456 e. The topological polar surface area (TPSA) is 80.8 Å². The summed E-state index contributed by atoms with van der Waals surface area (Å²) in [6.07, 6.45) is -0.296. The lowest BCUT2D eigenvalue weighted by molar-refractivity contribution is -0.151. The van der Waals surface area contributed by atoms with Crippen LogP contribution in [0, 0.1) is 6.92 Å². The quantitative estimate of drug-likeness (QED) is 0.493. The van der Waals surface area contributed by atoms with Crippen molar-refractivity contribution in [3.8, 4) is 0 Å². The standard InChI is InChI=1S/C18H25NO5S/c1-5-19(12-14(2)3)17(20)13-24-18(21)10-11-25(22,23)16-8-6-15(4)7-9-16/h6-9H,2,5,10-13H2,1,3-4H3. The third-order valence-corrected chi connectivity index (χ3v) is 5.24. The van der Waals surface area contributed by atoms with Gasteiger partial charge in [-0.2, -0.15) is 0 Å². The first kappa shape index (κ1) is 20.9. The molecule has 138 valence electrons. The van der Waals surface area contributed by atoms with Gasteiger partial charge >= 0.3 is 5.97 Å². The number of carbonyl (C=O) groups is 2. The first-order valence-electron chi connectivity index (χ1n) is 8.03. The number of amides is 1. The highest BCUT2D eigenvalue weighted by Crippen LogP contribution is 2.13.